The lowest BCUT2D eigenvalue weighted by Gasteiger charge is -2.33. The van der Waals surface area contributed by atoms with E-state index in [0.29, 0.717) is 30.2 Å². The van der Waals surface area contributed by atoms with E-state index in [1.54, 1.807) is 24.1 Å². The Morgan fingerprint density at radius 1 is 1.12 bits per heavy atom. The van der Waals surface area contributed by atoms with E-state index in [-0.39, 0.29) is 11.5 Å². The molecular formula is C26H23FN2O3S. The maximum atomic E-state index is 14.5. The molecule has 2 aliphatic rings. The second-order valence-corrected chi connectivity index (χ2v) is 9.42. The van der Waals surface area contributed by atoms with E-state index in [1.165, 1.54) is 28.8 Å². The first-order valence-corrected chi connectivity index (χ1v) is 11.7. The van der Waals surface area contributed by atoms with Crippen molar-refractivity contribution in [1.29, 1.82) is 0 Å². The Labute approximate surface area is 196 Å². The van der Waals surface area contributed by atoms with E-state index >= 15 is 0 Å². The zero-order chi connectivity index (χ0) is 23.2. The van der Waals surface area contributed by atoms with Crippen molar-refractivity contribution >= 4 is 29.3 Å². The number of amides is 2. The van der Waals surface area contributed by atoms with Crippen LogP contribution in [0.25, 0.3) is 0 Å². The van der Waals surface area contributed by atoms with Crippen molar-refractivity contribution in [3.05, 3.63) is 94.8 Å². The van der Waals surface area contributed by atoms with Gasteiger partial charge in [0.05, 0.1) is 24.9 Å². The Morgan fingerprint density at radius 3 is 2.64 bits per heavy atom. The van der Waals surface area contributed by atoms with E-state index < -0.39 is 16.6 Å². The number of fused-ring (bicyclic) bond motifs is 2. The fourth-order valence-electron chi connectivity index (χ4n) is 4.62. The lowest BCUT2D eigenvalue weighted by Crippen LogP contribution is -2.50. The summed E-state index contributed by atoms with van der Waals surface area (Å²) < 4.78 is 20.0. The van der Waals surface area contributed by atoms with Gasteiger partial charge in [0.25, 0.3) is 11.8 Å². The van der Waals surface area contributed by atoms with Crippen LogP contribution >= 0.6 is 11.8 Å². The first-order chi connectivity index (χ1) is 16.0. The zero-order valence-corrected chi connectivity index (χ0v) is 19.2. The number of anilines is 1. The van der Waals surface area contributed by atoms with Crippen molar-refractivity contribution in [3.8, 4) is 5.75 Å². The third-order valence-electron chi connectivity index (χ3n) is 6.34. The molecule has 5 rings (SSSR count). The molecule has 7 heteroatoms. The number of carbonyl (C=O) groups is 2. The molecule has 3 aromatic carbocycles. The number of nitrogens with zero attached hydrogens (tertiary/aromatic N) is 2. The van der Waals surface area contributed by atoms with Crippen molar-refractivity contribution in [2.75, 3.05) is 24.3 Å². The van der Waals surface area contributed by atoms with Crippen molar-refractivity contribution in [2.24, 2.45) is 0 Å². The lowest BCUT2D eigenvalue weighted by atomic mass is 10.0. The molecule has 1 saturated heterocycles. The van der Waals surface area contributed by atoms with Crippen molar-refractivity contribution < 1.29 is 18.7 Å². The summed E-state index contributed by atoms with van der Waals surface area (Å²) in [6.07, 6.45) is 0. The highest BCUT2D eigenvalue weighted by Gasteiger charge is 2.59. The van der Waals surface area contributed by atoms with Crippen LogP contribution in [0.2, 0.25) is 0 Å². The third-order valence-corrected chi connectivity index (χ3v) is 7.76. The normalized spacial score (nSPS) is 19.3. The van der Waals surface area contributed by atoms with Gasteiger partial charge in [0.2, 0.25) is 0 Å². The summed E-state index contributed by atoms with van der Waals surface area (Å²) in [5.41, 5.74) is 3.52. The Bertz CT molecular complexity index is 1260. The molecule has 0 saturated carbocycles. The highest BCUT2D eigenvalue weighted by molar-refractivity contribution is 8.01. The van der Waals surface area contributed by atoms with Gasteiger partial charge in [-0.25, -0.2) is 4.39 Å². The number of hydrogen-bond donors (Lipinski definition) is 0. The number of hydrogen-bond acceptors (Lipinski definition) is 4. The molecule has 5 nitrogen and oxygen atoms in total. The van der Waals surface area contributed by atoms with Gasteiger partial charge < -0.3 is 14.5 Å². The number of benzene rings is 3. The highest BCUT2D eigenvalue weighted by Crippen LogP contribution is 2.55. The molecule has 0 aliphatic carbocycles. The number of aryl methyl sites for hydroxylation is 1. The summed E-state index contributed by atoms with van der Waals surface area (Å²) in [4.78, 5) is 29.6. The van der Waals surface area contributed by atoms with E-state index in [4.69, 9.17) is 4.74 Å². The summed E-state index contributed by atoms with van der Waals surface area (Å²) >= 11 is 1.41. The number of methoxy groups -OCH3 is 1. The first-order valence-electron chi connectivity index (χ1n) is 10.7. The summed E-state index contributed by atoms with van der Waals surface area (Å²) in [7, 11) is 1.57. The standard InChI is InChI=1S/C26H23FN2O3S/c1-17-7-3-4-8-18(17)16-28-23-12-11-19(32-2)15-21(23)26(25(28)31)29(13-14-33-26)24(30)20-9-5-6-10-22(20)27/h3-12,15H,13-14,16H2,1-2H3. The van der Waals surface area contributed by atoms with Crippen LogP contribution in [-0.2, 0) is 16.2 Å². The largest absolute Gasteiger partial charge is 0.497 e. The van der Waals surface area contributed by atoms with Crippen LogP contribution in [0.15, 0.2) is 66.7 Å². The van der Waals surface area contributed by atoms with E-state index in [0.717, 1.165) is 16.8 Å². The molecule has 2 amide bonds. The van der Waals surface area contributed by atoms with Gasteiger partial charge in [-0.15, -0.1) is 11.8 Å². The van der Waals surface area contributed by atoms with Crippen LogP contribution in [0.5, 0.6) is 5.75 Å². The molecule has 0 aromatic heterocycles. The number of thioether (sulfide) groups is 1. The number of halogens is 1. The van der Waals surface area contributed by atoms with E-state index in [2.05, 4.69) is 0 Å². The average Bonchev–Trinajstić information content (AvgIpc) is 3.37. The summed E-state index contributed by atoms with van der Waals surface area (Å²) in [5.74, 6) is -0.105. The molecule has 0 bridgehead atoms. The molecule has 0 radical (unpaired) electrons. The Hall–Kier alpha value is -3.32. The maximum Gasteiger partial charge on any atom is 0.268 e. The van der Waals surface area contributed by atoms with Gasteiger partial charge in [-0.05, 0) is 48.4 Å². The van der Waals surface area contributed by atoms with Crippen molar-refractivity contribution in [2.45, 2.75) is 18.3 Å². The summed E-state index contributed by atoms with van der Waals surface area (Å²) in [5, 5.41) is 0. The molecule has 1 spiro atoms. The van der Waals surface area contributed by atoms with Crippen LogP contribution in [0, 0.1) is 12.7 Å². The molecule has 33 heavy (non-hydrogen) atoms. The minimum atomic E-state index is -1.26. The fraction of sp³-hybridized carbons (Fsp3) is 0.231. The topological polar surface area (TPSA) is 49.9 Å². The van der Waals surface area contributed by atoms with Gasteiger partial charge in [0.15, 0.2) is 4.87 Å². The Balaban J connectivity index is 1.64. The molecule has 1 unspecified atom stereocenters. The smallest absolute Gasteiger partial charge is 0.268 e. The molecule has 2 aliphatic heterocycles. The monoisotopic (exact) mass is 462 g/mol. The molecule has 1 fully saturated rings. The summed E-state index contributed by atoms with van der Waals surface area (Å²) in [6.45, 7) is 2.74. The highest BCUT2D eigenvalue weighted by atomic mass is 32.2. The van der Waals surface area contributed by atoms with Crippen molar-refractivity contribution in [1.82, 2.24) is 4.90 Å². The van der Waals surface area contributed by atoms with E-state index in [1.807, 2.05) is 49.4 Å². The predicted octanol–water partition coefficient (Wildman–Crippen LogP) is 4.73. The fourth-order valence-corrected chi connectivity index (χ4v) is 6.07. The van der Waals surface area contributed by atoms with Crippen LogP contribution in [-0.4, -0.2) is 36.1 Å². The van der Waals surface area contributed by atoms with Gasteiger partial charge >= 0.3 is 0 Å². The lowest BCUT2D eigenvalue weighted by molar-refractivity contribution is -0.123. The summed E-state index contributed by atoms with van der Waals surface area (Å²) in [6, 6.07) is 19.3. The second kappa shape index (κ2) is 8.23. The SMILES string of the molecule is COc1ccc2c(c1)C1(SCCN1C(=O)c1ccccc1F)C(=O)N2Cc1ccccc1C. The average molecular weight is 463 g/mol. The predicted molar refractivity (Wildman–Crippen MR) is 127 cm³/mol. The first kappa shape index (κ1) is 21.5. The zero-order valence-electron chi connectivity index (χ0n) is 18.4. The van der Waals surface area contributed by atoms with Crippen molar-refractivity contribution in [3.63, 3.8) is 0 Å². The van der Waals surface area contributed by atoms with Gasteiger partial charge in [0, 0.05) is 17.9 Å². The molecule has 0 N–H and O–H groups in total. The molecule has 1 atom stereocenters. The van der Waals surface area contributed by atoms with Crippen LogP contribution in [0.4, 0.5) is 10.1 Å². The maximum absolute atomic E-state index is 14.5. The molecule has 3 aromatic rings. The molecule has 2 heterocycles. The number of ether oxygens (including phenoxy) is 1. The Morgan fingerprint density at radius 2 is 1.88 bits per heavy atom. The van der Waals surface area contributed by atoms with Crippen LogP contribution in [0.3, 0.4) is 0 Å². The molecule has 168 valence electrons. The van der Waals surface area contributed by atoms with Gasteiger partial charge in [0.1, 0.15) is 11.6 Å². The second-order valence-electron chi connectivity index (χ2n) is 8.13. The van der Waals surface area contributed by atoms with Gasteiger partial charge in [-0.1, -0.05) is 36.4 Å². The van der Waals surface area contributed by atoms with Crippen LogP contribution in [0.1, 0.15) is 27.0 Å². The van der Waals surface area contributed by atoms with Gasteiger partial charge in [-0.2, -0.15) is 0 Å². The quantitative estimate of drug-likeness (QED) is 0.563. The minimum absolute atomic E-state index is 0.0334. The third kappa shape index (κ3) is 3.30. The Kier molecular flexibility index (Phi) is 5.37. The number of rotatable bonds is 4. The van der Waals surface area contributed by atoms with Crippen LogP contribution < -0.4 is 9.64 Å². The minimum Gasteiger partial charge on any atom is -0.497 e. The number of carbonyl (C=O) groups excluding carboxylic acids is 2. The van der Waals surface area contributed by atoms with Gasteiger partial charge in [-0.3, -0.25) is 9.59 Å². The van der Waals surface area contributed by atoms with E-state index in [9.17, 15) is 14.0 Å². The molecular weight excluding hydrogens is 439 g/mol.